The van der Waals surface area contributed by atoms with Gasteiger partial charge in [0.15, 0.2) is 0 Å². The van der Waals surface area contributed by atoms with Crippen molar-refractivity contribution in [3.63, 3.8) is 0 Å². The van der Waals surface area contributed by atoms with Crippen LogP contribution < -0.4 is 10.2 Å². The van der Waals surface area contributed by atoms with Gasteiger partial charge in [0.1, 0.15) is 0 Å². The van der Waals surface area contributed by atoms with Crippen LogP contribution in [0, 0.1) is 13.8 Å². The summed E-state index contributed by atoms with van der Waals surface area (Å²) in [5.41, 5.74) is 5.03. The fraction of sp³-hybridized carbons (Fsp3) is 0.438. The van der Waals surface area contributed by atoms with Gasteiger partial charge in [-0.2, -0.15) is 5.10 Å². The monoisotopic (exact) mass is 270 g/mol. The van der Waals surface area contributed by atoms with Gasteiger partial charge in [-0.15, -0.1) is 0 Å². The molecule has 0 amide bonds. The molecule has 2 aromatic rings. The Hall–Kier alpha value is -1.81. The van der Waals surface area contributed by atoms with Crippen molar-refractivity contribution in [1.29, 1.82) is 0 Å². The van der Waals surface area contributed by atoms with E-state index in [1.807, 2.05) is 0 Å². The Morgan fingerprint density at radius 2 is 1.80 bits per heavy atom. The van der Waals surface area contributed by atoms with Crippen molar-refractivity contribution in [2.45, 2.75) is 20.4 Å². The highest BCUT2D eigenvalue weighted by atomic mass is 15.3. The van der Waals surface area contributed by atoms with E-state index >= 15 is 0 Å². The van der Waals surface area contributed by atoms with Gasteiger partial charge in [-0.05, 0) is 19.4 Å². The molecule has 0 atom stereocenters. The molecule has 4 nitrogen and oxygen atoms in total. The second-order valence-corrected chi connectivity index (χ2v) is 5.40. The summed E-state index contributed by atoms with van der Waals surface area (Å²) in [6.07, 6.45) is 0. The largest absolute Gasteiger partial charge is 0.366 e. The molecule has 0 bridgehead atoms. The van der Waals surface area contributed by atoms with E-state index in [2.05, 4.69) is 59.1 Å². The number of benzene rings is 1. The topological polar surface area (TPSA) is 33.1 Å². The molecule has 0 saturated carbocycles. The number of aryl methyl sites for hydroxylation is 1. The second-order valence-electron chi connectivity index (χ2n) is 5.40. The Morgan fingerprint density at radius 3 is 2.50 bits per heavy atom. The minimum Gasteiger partial charge on any atom is -0.366 e. The first-order valence-corrected chi connectivity index (χ1v) is 7.29. The average molecular weight is 270 g/mol. The molecule has 0 aliphatic carbocycles. The zero-order valence-corrected chi connectivity index (χ0v) is 12.3. The van der Waals surface area contributed by atoms with Crippen LogP contribution >= 0.6 is 0 Å². The number of nitrogens with zero attached hydrogens (tertiary/aromatic N) is 3. The molecular weight excluding hydrogens is 248 g/mol. The standard InChI is InChI=1S/C16H22N4/c1-13-16(19-10-8-17-9-11-19)14(2)20(18-13)12-15-6-4-3-5-7-15/h3-7,17H,8-12H2,1-2H3. The van der Waals surface area contributed by atoms with Crippen LogP contribution in [0.2, 0.25) is 0 Å². The van der Waals surface area contributed by atoms with Crippen molar-refractivity contribution in [2.24, 2.45) is 0 Å². The molecule has 1 N–H and O–H groups in total. The van der Waals surface area contributed by atoms with Crippen molar-refractivity contribution >= 4 is 5.69 Å². The van der Waals surface area contributed by atoms with Crippen LogP contribution in [0.15, 0.2) is 30.3 Å². The van der Waals surface area contributed by atoms with E-state index in [9.17, 15) is 0 Å². The van der Waals surface area contributed by atoms with Crippen molar-refractivity contribution < 1.29 is 0 Å². The molecule has 20 heavy (non-hydrogen) atoms. The molecule has 0 radical (unpaired) electrons. The van der Waals surface area contributed by atoms with Gasteiger partial charge in [-0.3, -0.25) is 4.68 Å². The van der Waals surface area contributed by atoms with Crippen molar-refractivity contribution in [3.8, 4) is 0 Å². The highest BCUT2D eigenvalue weighted by molar-refractivity contribution is 5.55. The fourth-order valence-corrected chi connectivity index (χ4v) is 2.94. The lowest BCUT2D eigenvalue weighted by molar-refractivity contribution is 0.586. The van der Waals surface area contributed by atoms with Gasteiger partial charge in [-0.25, -0.2) is 0 Å². The van der Waals surface area contributed by atoms with E-state index in [4.69, 9.17) is 5.10 Å². The summed E-state index contributed by atoms with van der Waals surface area (Å²) in [5, 5.41) is 8.14. The maximum Gasteiger partial charge on any atom is 0.0830 e. The van der Waals surface area contributed by atoms with Gasteiger partial charge in [0.05, 0.1) is 23.6 Å². The first kappa shape index (κ1) is 13.2. The normalized spacial score (nSPS) is 15.6. The Balaban J connectivity index is 1.86. The molecular formula is C16H22N4. The lowest BCUT2D eigenvalue weighted by atomic mass is 10.2. The molecule has 1 saturated heterocycles. The first-order valence-electron chi connectivity index (χ1n) is 7.29. The molecule has 2 heterocycles. The molecule has 3 rings (SSSR count). The molecule has 106 valence electrons. The Kier molecular flexibility index (Phi) is 3.74. The highest BCUT2D eigenvalue weighted by Gasteiger charge is 2.19. The minimum atomic E-state index is 0.847. The molecule has 1 aromatic heterocycles. The summed E-state index contributed by atoms with van der Waals surface area (Å²) in [5.74, 6) is 0. The van der Waals surface area contributed by atoms with E-state index in [1.165, 1.54) is 16.9 Å². The Bertz CT molecular complexity index is 568. The van der Waals surface area contributed by atoms with E-state index in [0.29, 0.717) is 0 Å². The molecule has 1 fully saturated rings. The summed E-state index contributed by atoms with van der Waals surface area (Å²) < 4.78 is 2.13. The third-order valence-corrected chi connectivity index (χ3v) is 3.95. The minimum absolute atomic E-state index is 0.847. The maximum atomic E-state index is 4.74. The van der Waals surface area contributed by atoms with Crippen LogP contribution in [0.1, 0.15) is 17.0 Å². The quantitative estimate of drug-likeness (QED) is 0.925. The van der Waals surface area contributed by atoms with Gasteiger partial charge in [0.2, 0.25) is 0 Å². The number of aromatic nitrogens is 2. The molecule has 0 unspecified atom stereocenters. The summed E-state index contributed by atoms with van der Waals surface area (Å²) in [6, 6.07) is 10.5. The first-order chi connectivity index (χ1) is 9.75. The predicted octanol–water partition coefficient (Wildman–Crippen LogP) is 1.96. The maximum absolute atomic E-state index is 4.74. The molecule has 1 aromatic carbocycles. The van der Waals surface area contributed by atoms with Crippen LogP contribution in [0.3, 0.4) is 0 Å². The van der Waals surface area contributed by atoms with E-state index in [-0.39, 0.29) is 0 Å². The fourth-order valence-electron chi connectivity index (χ4n) is 2.94. The zero-order chi connectivity index (χ0) is 13.9. The van der Waals surface area contributed by atoms with Crippen LogP contribution in [-0.4, -0.2) is 36.0 Å². The van der Waals surface area contributed by atoms with E-state index in [1.54, 1.807) is 0 Å². The van der Waals surface area contributed by atoms with Crippen LogP contribution in [0.4, 0.5) is 5.69 Å². The number of hydrogen-bond acceptors (Lipinski definition) is 3. The van der Waals surface area contributed by atoms with Crippen LogP contribution in [0.5, 0.6) is 0 Å². The van der Waals surface area contributed by atoms with E-state index in [0.717, 1.165) is 38.4 Å². The van der Waals surface area contributed by atoms with Crippen LogP contribution in [-0.2, 0) is 6.54 Å². The van der Waals surface area contributed by atoms with Gasteiger partial charge in [0.25, 0.3) is 0 Å². The zero-order valence-electron chi connectivity index (χ0n) is 12.3. The third-order valence-electron chi connectivity index (χ3n) is 3.95. The van der Waals surface area contributed by atoms with Gasteiger partial charge < -0.3 is 10.2 Å². The summed E-state index contributed by atoms with van der Waals surface area (Å²) in [6.45, 7) is 9.40. The summed E-state index contributed by atoms with van der Waals surface area (Å²) in [4.78, 5) is 2.45. The highest BCUT2D eigenvalue weighted by Crippen LogP contribution is 2.25. The molecule has 0 spiro atoms. The third kappa shape index (κ3) is 2.56. The number of rotatable bonds is 3. The van der Waals surface area contributed by atoms with E-state index < -0.39 is 0 Å². The number of nitrogens with one attached hydrogen (secondary N) is 1. The van der Waals surface area contributed by atoms with Crippen LogP contribution in [0.25, 0.3) is 0 Å². The lowest BCUT2D eigenvalue weighted by Gasteiger charge is -2.29. The van der Waals surface area contributed by atoms with Crippen molar-refractivity contribution in [3.05, 3.63) is 47.3 Å². The second kappa shape index (κ2) is 5.67. The Morgan fingerprint density at radius 1 is 1.10 bits per heavy atom. The Labute approximate surface area is 120 Å². The van der Waals surface area contributed by atoms with Gasteiger partial charge >= 0.3 is 0 Å². The molecule has 4 heteroatoms. The molecule has 1 aliphatic rings. The average Bonchev–Trinajstić information content (AvgIpc) is 2.75. The number of piperazine rings is 1. The summed E-state index contributed by atoms with van der Waals surface area (Å²) in [7, 11) is 0. The summed E-state index contributed by atoms with van der Waals surface area (Å²) >= 11 is 0. The number of hydrogen-bond donors (Lipinski definition) is 1. The SMILES string of the molecule is Cc1nn(Cc2ccccc2)c(C)c1N1CCNCC1. The van der Waals surface area contributed by atoms with Gasteiger partial charge in [0, 0.05) is 26.2 Å². The van der Waals surface area contributed by atoms with Gasteiger partial charge in [-0.1, -0.05) is 30.3 Å². The smallest absolute Gasteiger partial charge is 0.0830 e. The lowest BCUT2D eigenvalue weighted by Crippen LogP contribution is -2.44. The van der Waals surface area contributed by atoms with Crippen molar-refractivity contribution in [2.75, 3.05) is 31.1 Å². The van der Waals surface area contributed by atoms with Crippen molar-refractivity contribution in [1.82, 2.24) is 15.1 Å². The predicted molar refractivity (Wildman–Crippen MR) is 82.3 cm³/mol. The molecule has 1 aliphatic heterocycles. The number of anilines is 1.